The van der Waals surface area contributed by atoms with E-state index in [2.05, 4.69) is 61.4 Å². The maximum atomic E-state index is 3.64. The van der Waals surface area contributed by atoms with Crippen LogP contribution < -0.4 is 5.32 Å². The Kier molecular flexibility index (Phi) is 3.64. The number of rotatable bonds is 4. The van der Waals surface area contributed by atoms with Crippen molar-refractivity contribution in [2.45, 2.75) is 33.4 Å². The van der Waals surface area contributed by atoms with E-state index >= 15 is 0 Å². The highest BCUT2D eigenvalue weighted by molar-refractivity contribution is 7.12. The van der Waals surface area contributed by atoms with Gasteiger partial charge in [-0.15, -0.1) is 11.3 Å². The van der Waals surface area contributed by atoms with Crippen molar-refractivity contribution in [3.63, 3.8) is 0 Å². The molecule has 0 saturated heterocycles. The van der Waals surface area contributed by atoms with Crippen LogP contribution in [0.1, 0.15) is 33.8 Å². The van der Waals surface area contributed by atoms with E-state index in [4.69, 9.17) is 0 Å². The fraction of sp³-hybridized carbons (Fsp3) is 0.294. The van der Waals surface area contributed by atoms with Gasteiger partial charge in [0.05, 0.1) is 0 Å². The van der Waals surface area contributed by atoms with Crippen molar-refractivity contribution in [3.8, 4) is 0 Å². The van der Waals surface area contributed by atoms with Crippen LogP contribution in [-0.2, 0) is 6.54 Å². The van der Waals surface area contributed by atoms with Gasteiger partial charge in [-0.3, -0.25) is 0 Å². The van der Waals surface area contributed by atoms with Crippen LogP contribution in [0.25, 0.3) is 10.9 Å². The molecule has 1 atom stereocenters. The van der Waals surface area contributed by atoms with Gasteiger partial charge in [-0.1, -0.05) is 12.1 Å². The molecule has 1 unspecified atom stereocenters. The number of aromatic nitrogens is 1. The predicted octanol–water partition coefficient (Wildman–Crippen LogP) is 4.70. The van der Waals surface area contributed by atoms with E-state index in [-0.39, 0.29) is 0 Å². The zero-order valence-corrected chi connectivity index (χ0v) is 13.0. The van der Waals surface area contributed by atoms with Crippen LogP contribution in [-0.4, -0.2) is 4.98 Å². The monoisotopic (exact) mass is 284 g/mol. The number of hydrogen-bond acceptors (Lipinski definition) is 2. The molecule has 0 aliphatic carbocycles. The maximum absolute atomic E-state index is 3.64. The van der Waals surface area contributed by atoms with Crippen molar-refractivity contribution in [1.82, 2.24) is 10.3 Å². The number of aryl methyl sites for hydroxylation is 2. The Morgan fingerprint density at radius 1 is 1.25 bits per heavy atom. The SMILES string of the molecule is Cc1cc(C(C)NCc2cccc3[nH]ccc23)c(C)s1. The first-order chi connectivity index (χ1) is 9.65. The molecule has 3 aromatic rings. The van der Waals surface area contributed by atoms with Gasteiger partial charge in [-0.2, -0.15) is 0 Å². The average Bonchev–Trinajstić information content (AvgIpc) is 3.02. The average molecular weight is 284 g/mol. The topological polar surface area (TPSA) is 27.8 Å². The van der Waals surface area contributed by atoms with Gasteiger partial charge in [0.15, 0.2) is 0 Å². The Bertz CT molecular complexity index is 724. The first-order valence-electron chi connectivity index (χ1n) is 7.00. The van der Waals surface area contributed by atoms with Gasteiger partial charge >= 0.3 is 0 Å². The van der Waals surface area contributed by atoms with Gasteiger partial charge < -0.3 is 10.3 Å². The van der Waals surface area contributed by atoms with Crippen LogP contribution in [0.4, 0.5) is 0 Å². The molecule has 0 bridgehead atoms. The van der Waals surface area contributed by atoms with Crippen molar-refractivity contribution >= 4 is 22.2 Å². The zero-order valence-electron chi connectivity index (χ0n) is 12.2. The summed E-state index contributed by atoms with van der Waals surface area (Å²) in [6.07, 6.45) is 2.00. The largest absolute Gasteiger partial charge is 0.361 e. The third kappa shape index (κ3) is 2.51. The lowest BCUT2D eigenvalue weighted by molar-refractivity contribution is 0.576. The Morgan fingerprint density at radius 3 is 2.85 bits per heavy atom. The molecule has 2 N–H and O–H groups in total. The van der Waals surface area contributed by atoms with Crippen LogP contribution in [0.3, 0.4) is 0 Å². The lowest BCUT2D eigenvalue weighted by atomic mass is 10.1. The lowest BCUT2D eigenvalue weighted by Crippen LogP contribution is -2.18. The van der Waals surface area contributed by atoms with Crippen LogP contribution in [0.15, 0.2) is 36.5 Å². The first kappa shape index (κ1) is 13.4. The Labute approximate surface area is 123 Å². The fourth-order valence-corrected chi connectivity index (χ4v) is 3.78. The van der Waals surface area contributed by atoms with E-state index in [9.17, 15) is 0 Å². The molecule has 3 rings (SSSR count). The molecule has 1 aromatic carbocycles. The number of benzene rings is 1. The quantitative estimate of drug-likeness (QED) is 0.714. The third-order valence-corrected chi connectivity index (χ3v) is 4.81. The van der Waals surface area contributed by atoms with Gasteiger partial charge in [0.25, 0.3) is 0 Å². The minimum atomic E-state index is 0.383. The molecular formula is C17H20N2S. The van der Waals surface area contributed by atoms with E-state index in [0.717, 1.165) is 6.54 Å². The van der Waals surface area contributed by atoms with Gasteiger partial charge in [0, 0.05) is 39.4 Å². The number of nitrogens with one attached hydrogen (secondary N) is 2. The molecule has 2 nitrogen and oxygen atoms in total. The minimum Gasteiger partial charge on any atom is -0.361 e. The summed E-state index contributed by atoms with van der Waals surface area (Å²) in [6.45, 7) is 7.52. The fourth-order valence-electron chi connectivity index (χ4n) is 2.76. The second-order valence-corrected chi connectivity index (χ2v) is 6.79. The molecule has 3 heteroatoms. The normalized spacial score (nSPS) is 12.9. The maximum Gasteiger partial charge on any atom is 0.0457 e. The smallest absolute Gasteiger partial charge is 0.0457 e. The summed E-state index contributed by atoms with van der Waals surface area (Å²) in [5.74, 6) is 0. The number of H-pyrrole nitrogens is 1. The minimum absolute atomic E-state index is 0.383. The van der Waals surface area contributed by atoms with Crippen molar-refractivity contribution in [2.75, 3.05) is 0 Å². The Balaban J connectivity index is 1.76. The van der Waals surface area contributed by atoms with Crippen molar-refractivity contribution in [2.24, 2.45) is 0 Å². The molecule has 104 valence electrons. The molecule has 0 aliphatic rings. The molecule has 2 heterocycles. The van der Waals surface area contributed by atoms with E-state index in [1.165, 1.54) is 31.8 Å². The lowest BCUT2D eigenvalue weighted by Gasteiger charge is -2.14. The number of hydrogen-bond donors (Lipinski definition) is 2. The van der Waals surface area contributed by atoms with Crippen LogP contribution in [0.2, 0.25) is 0 Å². The number of aromatic amines is 1. The second-order valence-electron chi connectivity index (χ2n) is 5.33. The van der Waals surface area contributed by atoms with Gasteiger partial charge in [-0.25, -0.2) is 0 Å². The van der Waals surface area contributed by atoms with Gasteiger partial charge in [0.1, 0.15) is 0 Å². The summed E-state index contributed by atoms with van der Waals surface area (Å²) in [6, 6.07) is 11.3. The molecule has 20 heavy (non-hydrogen) atoms. The summed E-state index contributed by atoms with van der Waals surface area (Å²) in [7, 11) is 0. The van der Waals surface area contributed by atoms with Crippen molar-refractivity contribution in [3.05, 3.63) is 57.4 Å². The highest BCUT2D eigenvalue weighted by atomic mass is 32.1. The van der Waals surface area contributed by atoms with Crippen LogP contribution in [0, 0.1) is 13.8 Å². The standard InChI is InChI=1S/C17H20N2S/c1-11-9-16(13(3)20-11)12(2)19-10-14-5-4-6-17-15(14)7-8-18-17/h4-9,12,18-19H,10H2,1-3H3. The highest BCUT2D eigenvalue weighted by Crippen LogP contribution is 2.26. The second kappa shape index (κ2) is 5.43. The van der Waals surface area contributed by atoms with Crippen LogP contribution >= 0.6 is 11.3 Å². The van der Waals surface area contributed by atoms with Gasteiger partial charge in [0.2, 0.25) is 0 Å². The summed E-state index contributed by atoms with van der Waals surface area (Å²) in [4.78, 5) is 6.07. The molecule has 0 aliphatic heterocycles. The zero-order chi connectivity index (χ0) is 14.1. The molecule has 2 aromatic heterocycles. The van der Waals surface area contributed by atoms with Crippen molar-refractivity contribution < 1.29 is 0 Å². The molecular weight excluding hydrogens is 264 g/mol. The highest BCUT2D eigenvalue weighted by Gasteiger charge is 2.11. The van der Waals surface area contributed by atoms with E-state index in [1.807, 2.05) is 17.5 Å². The Morgan fingerprint density at radius 2 is 2.10 bits per heavy atom. The molecule has 0 spiro atoms. The molecule has 0 amide bonds. The molecule has 0 fully saturated rings. The third-order valence-electron chi connectivity index (χ3n) is 3.83. The summed E-state index contributed by atoms with van der Waals surface area (Å²) in [5, 5.41) is 4.95. The molecule has 0 saturated carbocycles. The van der Waals surface area contributed by atoms with E-state index in [0.29, 0.717) is 6.04 Å². The summed E-state index contributed by atoms with van der Waals surface area (Å²) >= 11 is 1.88. The summed E-state index contributed by atoms with van der Waals surface area (Å²) in [5.41, 5.74) is 3.98. The van der Waals surface area contributed by atoms with Crippen LogP contribution in [0.5, 0.6) is 0 Å². The Hall–Kier alpha value is -1.58. The summed E-state index contributed by atoms with van der Waals surface area (Å²) < 4.78 is 0. The first-order valence-corrected chi connectivity index (χ1v) is 7.82. The number of fused-ring (bicyclic) bond motifs is 1. The van der Waals surface area contributed by atoms with E-state index in [1.54, 1.807) is 0 Å². The molecule has 0 radical (unpaired) electrons. The van der Waals surface area contributed by atoms with E-state index < -0.39 is 0 Å². The predicted molar refractivity (Wildman–Crippen MR) is 87.3 cm³/mol. The number of thiophene rings is 1. The van der Waals surface area contributed by atoms with Crippen molar-refractivity contribution in [1.29, 1.82) is 0 Å². The van der Waals surface area contributed by atoms with Gasteiger partial charge in [-0.05, 0) is 50.1 Å².